The molecule has 2 aliphatic heterocycles. The number of nitrogens with zero attached hydrogens (tertiary/aromatic N) is 3. The smallest absolute Gasteiger partial charge is 0.410 e. The van der Waals surface area contributed by atoms with Crippen molar-refractivity contribution in [3.63, 3.8) is 0 Å². The largest absolute Gasteiger partial charge is 0.618 e. The van der Waals surface area contributed by atoms with Crippen LogP contribution in [0.4, 0.5) is 4.79 Å². The highest BCUT2D eigenvalue weighted by Gasteiger charge is 2.34. The van der Waals surface area contributed by atoms with E-state index in [1.165, 1.54) is 6.20 Å². The van der Waals surface area contributed by atoms with E-state index in [9.17, 15) is 14.8 Å². The number of aromatic nitrogens is 1. The first kappa shape index (κ1) is 19.2. The molecule has 0 unspecified atom stereocenters. The summed E-state index contributed by atoms with van der Waals surface area (Å²) in [7, 11) is 0. The topological polar surface area (TPSA) is 76.8 Å². The molecule has 29 heavy (non-hydrogen) atoms. The number of carbonyl (C=O) groups excluding carboxylic acids is 2. The number of pyridine rings is 1. The maximum absolute atomic E-state index is 13.0. The summed E-state index contributed by atoms with van der Waals surface area (Å²) in [5.74, 6) is -0.0761. The molecule has 7 nitrogen and oxygen atoms in total. The normalized spacial score (nSPS) is 17.6. The van der Waals surface area contributed by atoms with Gasteiger partial charge in [-0.25, -0.2) is 4.79 Å². The molecule has 0 spiro atoms. The van der Waals surface area contributed by atoms with Gasteiger partial charge < -0.3 is 19.7 Å². The van der Waals surface area contributed by atoms with Gasteiger partial charge in [-0.05, 0) is 30.9 Å². The van der Waals surface area contributed by atoms with E-state index in [2.05, 4.69) is 0 Å². The fraction of sp³-hybridized carbons (Fsp3) is 0.409. The van der Waals surface area contributed by atoms with E-state index in [0.29, 0.717) is 50.2 Å². The van der Waals surface area contributed by atoms with Crippen molar-refractivity contribution < 1.29 is 19.1 Å². The van der Waals surface area contributed by atoms with Crippen LogP contribution in [0.1, 0.15) is 40.9 Å². The van der Waals surface area contributed by atoms with Gasteiger partial charge in [0.2, 0.25) is 5.69 Å². The Morgan fingerprint density at radius 3 is 2.62 bits per heavy atom. The Hall–Kier alpha value is -3.09. The van der Waals surface area contributed by atoms with E-state index in [0.717, 1.165) is 16.7 Å². The average Bonchev–Trinajstić information content (AvgIpc) is 2.93. The Morgan fingerprint density at radius 2 is 1.86 bits per heavy atom. The zero-order valence-electron chi connectivity index (χ0n) is 16.3. The predicted molar refractivity (Wildman–Crippen MR) is 106 cm³/mol. The molecular weight excluding hydrogens is 370 g/mol. The molecule has 0 N–H and O–H groups in total. The summed E-state index contributed by atoms with van der Waals surface area (Å²) in [5, 5.41) is 12.0. The summed E-state index contributed by atoms with van der Waals surface area (Å²) >= 11 is 0. The number of hydrogen-bond acceptors (Lipinski definition) is 4. The van der Waals surface area contributed by atoms with Gasteiger partial charge in [-0.1, -0.05) is 30.3 Å². The molecule has 0 saturated carbocycles. The summed E-state index contributed by atoms with van der Waals surface area (Å²) in [6.45, 7) is 2.02. The number of carbonyl (C=O) groups is 2. The van der Waals surface area contributed by atoms with Gasteiger partial charge in [0.15, 0.2) is 6.20 Å². The van der Waals surface area contributed by atoms with E-state index in [1.54, 1.807) is 17.0 Å². The van der Waals surface area contributed by atoms with Crippen molar-refractivity contribution in [2.24, 2.45) is 0 Å². The lowest BCUT2D eigenvalue weighted by Gasteiger charge is -2.37. The molecule has 2 aromatic rings. The third kappa shape index (κ3) is 4.18. The van der Waals surface area contributed by atoms with Gasteiger partial charge >= 0.3 is 6.09 Å². The van der Waals surface area contributed by atoms with Gasteiger partial charge in [0.25, 0.3) is 5.91 Å². The molecule has 4 rings (SSSR count). The molecule has 152 valence electrons. The van der Waals surface area contributed by atoms with Gasteiger partial charge in [0.1, 0.15) is 12.2 Å². The molecule has 0 bridgehead atoms. The lowest BCUT2D eigenvalue weighted by Crippen LogP contribution is -2.49. The Bertz CT molecular complexity index is 879. The van der Waals surface area contributed by atoms with Crippen molar-refractivity contribution in [2.45, 2.75) is 38.3 Å². The summed E-state index contributed by atoms with van der Waals surface area (Å²) in [6.07, 6.45) is 3.93. The van der Waals surface area contributed by atoms with Crippen molar-refractivity contribution in [2.75, 3.05) is 19.6 Å². The number of rotatable bonds is 3. The monoisotopic (exact) mass is 395 g/mol. The highest BCUT2D eigenvalue weighted by Crippen LogP contribution is 2.23. The van der Waals surface area contributed by atoms with Crippen LogP contribution < -0.4 is 4.73 Å². The number of likely N-dealkylation sites (tertiary alicyclic amines) is 1. The molecule has 1 fully saturated rings. The molecule has 0 atom stereocenters. The first-order chi connectivity index (χ1) is 14.1. The second kappa shape index (κ2) is 8.51. The molecule has 7 heteroatoms. The van der Waals surface area contributed by atoms with Gasteiger partial charge in [-0.3, -0.25) is 4.79 Å². The molecular formula is C22H25N3O4. The second-order valence-corrected chi connectivity index (χ2v) is 7.55. The number of amides is 2. The van der Waals surface area contributed by atoms with Crippen molar-refractivity contribution in [3.05, 3.63) is 70.7 Å². The molecule has 1 saturated heterocycles. The van der Waals surface area contributed by atoms with Crippen molar-refractivity contribution in [1.82, 2.24) is 9.80 Å². The SMILES string of the molecule is O=C(OCc1ccccc1)N1CCC(N2CCCc3c(ccc[n+]3[O-])C2=O)CC1. The maximum Gasteiger partial charge on any atom is 0.410 e. The van der Waals surface area contributed by atoms with Crippen LogP contribution in [-0.4, -0.2) is 47.5 Å². The minimum absolute atomic E-state index is 0.0759. The van der Waals surface area contributed by atoms with E-state index in [1.807, 2.05) is 35.2 Å². The van der Waals surface area contributed by atoms with Crippen LogP contribution >= 0.6 is 0 Å². The van der Waals surface area contributed by atoms with Crippen LogP contribution in [-0.2, 0) is 17.8 Å². The third-order valence-corrected chi connectivity index (χ3v) is 5.73. The van der Waals surface area contributed by atoms with Gasteiger partial charge in [-0.15, -0.1) is 0 Å². The van der Waals surface area contributed by atoms with Crippen LogP contribution in [0, 0.1) is 5.21 Å². The highest BCUT2D eigenvalue weighted by molar-refractivity contribution is 5.95. The Balaban J connectivity index is 1.34. The quantitative estimate of drug-likeness (QED) is 0.591. The van der Waals surface area contributed by atoms with Crippen LogP contribution in [0.15, 0.2) is 48.7 Å². The Morgan fingerprint density at radius 1 is 1.10 bits per heavy atom. The van der Waals surface area contributed by atoms with E-state index in [4.69, 9.17) is 4.74 Å². The predicted octanol–water partition coefficient (Wildman–Crippen LogP) is 2.51. The van der Waals surface area contributed by atoms with Crippen LogP contribution in [0.5, 0.6) is 0 Å². The third-order valence-electron chi connectivity index (χ3n) is 5.73. The summed E-state index contributed by atoms with van der Waals surface area (Å²) in [6, 6.07) is 13.0. The first-order valence-electron chi connectivity index (χ1n) is 10.1. The van der Waals surface area contributed by atoms with Gasteiger partial charge in [0.05, 0.1) is 0 Å². The lowest BCUT2D eigenvalue weighted by atomic mass is 10.0. The highest BCUT2D eigenvalue weighted by atomic mass is 16.6. The zero-order chi connectivity index (χ0) is 20.2. The molecule has 2 amide bonds. The van der Waals surface area contributed by atoms with E-state index < -0.39 is 0 Å². The standard InChI is InChI=1S/C22H25N3O4/c26-21-19-8-4-13-25(28)20(19)9-5-12-24(21)18-10-14-23(15-11-18)22(27)29-16-17-6-2-1-3-7-17/h1-4,6-8,13,18H,5,9-12,14-16H2. The number of fused-ring (bicyclic) bond motifs is 1. The fourth-order valence-electron chi connectivity index (χ4n) is 4.15. The lowest BCUT2D eigenvalue weighted by molar-refractivity contribution is -0.614. The van der Waals surface area contributed by atoms with Crippen LogP contribution in [0.2, 0.25) is 0 Å². The molecule has 2 aliphatic rings. The van der Waals surface area contributed by atoms with E-state index in [-0.39, 0.29) is 24.6 Å². The fourth-order valence-corrected chi connectivity index (χ4v) is 4.15. The molecule has 1 aromatic carbocycles. The molecule has 0 radical (unpaired) electrons. The van der Waals surface area contributed by atoms with Crippen LogP contribution in [0.3, 0.4) is 0 Å². The maximum atomic E-state index is 13.0. The number of piperidine rings is 1. The Labute approximate surface area is 170 Å². The minimum atomic E-state index is -0.313. The number of benzene rings is 1. The second-order valence-electron chi connectivity index (χ2n) is 7.55. The van der Waals surface area contributed by atoms with Gasteiger partial charge in [0, 0.05) is 38.2 Å². The zero-order valence-corrected chi connectivity index (χ0v) is 16.3. The average molecular weight is 395 g/mol. The van der Waals surface area contributed by atoms with Crippen molar-refractivity contribution in [1.29, 1.82) is 0 Å². The first-order valence-corrected chi connectivity index (χ1v) is 10.1. The molecule has 0 aliphatic carbocycles. The summed E-state index contributed by atoms with van der Waals surface area (Å²) < 4.78 is 6.23. The van der Waals surface area contributed by atoms with Gasteiger partial charge in [-0.2, -0.15) is 4.73 Å². The summed E-state index contributed by atoms with van der Waals surface area (Å²) in [5.41, 5.74) is 2.02. The molecule has 1 aromatic heterocycles. The summed E-state index contributed by atoms with van der Waals surface area (Å²) in [4.78, 5) is 29.0. The van der Waals surface area contributed by atoms with E-state index >= 15 is 0 Å². The molecule has 3 heterocycles. The number of hydrogen-bond donors (Lipinski definition) is 0. The minimum Gasteiger partial charge on any atom is -0.618 e. The van der Waals surface area contributed by atoms with Crippen molar-refractivity contribution >= 4 is 12.0 Å². The number of ether oxygens (including phenoxy) is 1. The Kier molecular flexibility index (Phi) is 5.64. The van der Waals surface area contributed by atoms with Crippen molar-refractivity contribution in [3.8, 4) is 0 Å². The van der Waals surface area contributed by atoms with Crippen LogP contribution in [0.25, 0.3) is 0 Å².